The fraction of sp³-hybridized carbons (Fsp3) is 0. The van der Waals surface area contributed by atoms with Gasteiger partial charge in [-0.15, -0.1) is 0 Å². The number of hydrogen-bond acceptors (Lipinski definition) is 4. The van der Waals surface area contributed by atoms with E-state index in [0.29, 0.717) is 0 Å². The van der Waals surface area contributed by atoms with E-state index in [-0.39, 0.29) is 48.7 Å². The predicted octanol–water partition coefficient (Wildman–Crippen LogP) is -0.717. The Bertz CT molecular complexity index is 3.61. The minimum Gasteiger partial charge on any atom is -0.870 e. The van der Waals surface area contributed by atoms with Gasteiger partial charge in [-0.05, 0) is 0 Å². The zero-order valence-corrected chi connectivity index (χ0v) is 4.70. The van der Waals surface area contributed by atoms with Gasteiger partial charge >= 0.3 is 37.7 Å². The molecule has 0 aliphatic rings. The van der Waals surface area contributed by atoms with Crippen LogP contribution >= 0.6 is 0 Å². The van der Waals surface area contributed by atoms with Crippen molar-refractivity contribution in [2.24, 2.45) is 0 Å². The molecule has 0 aromatic carbocycles. The minimum atomic E-state index is 0. The van der Waals surface area contributed by atoms with Gasteiger partial charge in [0, 0.05) is 0 Å². The zero-order valence-electron chi connectivity index (χ0n) is 2.50. The SMILES string of the molecule is OO.[Ca+2].[OH-].[OH-]. The Morgan fingerprint density at radius 2 is 0.800 bits per heavy atom. The van der Waals surface area contributed by atoms with Crippen LogP contribution in [0.5, 0.6) is 0 Å². The summed E-state index contributed by atoms with van der Waals surface area (Å²) in [6, 6.07) is 0. The van der Waals surface area contributed by atoms with Crippen molar-refractivity contribution in [3.63, 3.8) is 0 Å². The molecule has 5 heteroatoms. The molecule has 0 aliphatic heterocycles. The molecule has 0 saturated heterocycles. The first-order valence-corrected chi connectivity index (χ1v) is 0.200. The van der Waals surface area contributed by atoms with Gasteiger partial charge in [-0.25, -0.2) is 0 Å². The molecule has 0 amide bonds. The summed E-state index contributed by atoms with van der Waals surface area (Å²) in [6.45, 7) is 0. The molecule has 0 fully saturated rings. The van der Waals surface area contributed by atoms with Crippen molar-refractivity contribution in [3.8, 4) is 0 Å². The molecule has 0 unspecified atom stereocenters. The molecular formula is H4CaO4. The fourth-order valence-electron chi connectivity index (χ4n) is 0. The van der Waals surface area contributed by atoms with E-state index in [2.05, 4.69) is 0 Å². The van der Waals surface area contributed by atoms with Crippen LogP contribution in [0.4, 0.5) is 0 Å². The van der Waals surface area contributed by atoms with Crippen molar-refractivity contribution >= 4 is 37.7 Å². The smallest absolute Gasteiger partial charge is 0.870 e. The summed E-state index contributed by atoms with van der Waals surface area (Å²) in [4.78, 5) is 0. The molecule has 4 nitrogen and oxygen atoms in total. The van der Waals surface area contributed by atoms with Gasteiger partial charge in [0.2, 0.25) is 0 Å². The molecule has 4 N–H and O–H groups in total. The van der Waals surface area contributed by atoms with Gasteiger partial charge in [0.05, 0.1) is 0 Å². The van der Waals surface area contributed by atoms with Crippen LogP contribution in [0.25, 0.3) is 0 Å². The molecule has 0 aromatic rings. The van der Waals surface area contributed by atoms with Crippen molar-refractivity contribution < 1.29 is 21.5 Å². The summed E-state index contributed by atoms with van der Waals surface area (Å²) < 4.78 is 0. The van der Waals surface area contributed by atoms with Crippen molar-refractivity contribution in [2.45, 2.75) is 0 Å². The molecule has 0 aliphatic carbocycles. The van der Waals surface area contributed by atoms with Crippen LogP contribution in [-0.2, 0) is 0 Å². The second-order valence-corrected chi connectivity index (χ2v) is 0. The zero-order chi connectivity index (χ0) is 2.00. The van der Waals surface area contributed by atoms with Gasteiger partial charge in [-0.1, -0.05) is 0 Å². The quantitative estimate of drug-likeness (QED) is 0.243. The van der Waals surface area contributed by atoms with Crippen molar-refractivity contribution in [2.75, 3.05) is 0 Å². The maximum atomic E-state index is 6.00. The third-order valence-corrected chi connectivity index (χ3v) is 0. The van der Waals surface area contributed by atoms with E-state index < -0.39 is 0 Å². The van der Waals surface area contributed by atoms with E-state index >= 15 is 0 Å². The molecule has 0 rings (SSSR count). The Morgan fingerprint density at radius 1 is 0.800 bits per heavy atom. The Hall–Kier alpha value is 1.10. The third kappa shape index (κ3) is 40.5. The first-order valence-electron chi connectivity index (χ1n) is 0.200. The van der Waals surface area contributed by atoms with Gasteiger partial charge in [0.1, 0.15) is 0 Å². The van der Waals surface area contributed by atoms with Gasteiger partial charge in [0.15, 0.2) is 0 Å². The standard InChI is InChI=1S/Ca.H2O2.2H2O/c;1-2;;/h;1-2H;2*1H2/q+2;;;/p-2. The molecule has 0 aromatic heterocycles. The number of hydrogen-bond donors (Lipinski definition) is 2. The van der Waals surface area contributed by atoms with Gasteiger partial charge in [-0.2, -0.15) is 0 Å². The Balaban J connectivity index is -0.00000000167. The van der Waals surface area contributed by atoms with Crippen LogP contribution in [0.3, 0.4) is 0 Å². The van der Waals surface area contributed by atoms with E-state index in [0.717, 1.165) is 0 Å². The fourth-order valence-corrected chi connectivity index (χ4v) is 0. The van der Waals surface area contributed by atoms with E-state index in [4.69, 9.17) is 10.5 Å². The van der Waals surface area contributed by atoms with E-state index in [1.165, 1.54) is 0 Å². The van der Waals surface area contributed by atoms with E-state index in [1.54, 1.807) is 0 Å². The second kappa shape index (κ2) is 70.9. The van der Waals surface area contributed by atoms with Crippen LogP contribution in [0.1, 0.15) is 0 Å². The van der Waals surface area contributed by atoms with Crippen LogP contribution in [0.2, 0.25) is 0 Å². The summed E-state index contributed by atoms with van der Waals surface area (Å²) in [7, 11) is 0. The largest absolute Gasteiger partial charge is 2.00 e. The molecule has 0 atom stereocenters. The van der Waals surface area contributed by atoms with Crippen molar-refractivity contribution in [3.05, 3.63) is 0 Å². The average molecular weight is 108 g/mol. The molecule has 0 bridgehead atoms. The van der Waals surface area contributed by atoms with Gasteiger partial charge in [0.25, 0.3) is 0 Å². The van der Waals surface area contributed by atoms with Gasteiger partial charge in [-0.3, -0.25) is 10.5 Å². The summed E-state index contributed by atoms with van der Waals surface area (Å²) in [5, 5.41) is 12.0. The summed E-state index contributed by atoms with van der Waals surface area (Å²) in [6.07, 6.45) is 0. The van der Waals surface area contributed by atoms with Crippen LogP contribution in [0, 0.1) is 0 Å². The maximum Gasteiger partial charge on any atom is 2.00 e. The molecule has 0 heterocycles. The molecule has 30 valence electrons. The number of rotatable bonds is 0. The van der Waals surface area contributed by atoms with E-state index in [1.807, 2.05) is 0 Å². The molecule has 0 saturated carbocycles. The van der Waals surface area contributed by atoms with Crippen molar-refractivity contribution in [1.29, 1.82) is 0 Å². The predicted molar refractivity (Wildman–Crippen MR) is 14.9 cm³/mol. The average Bonchev–Trinajstić information content (AvgIpc) is 1.00. The summed E-state index contributed by atoms with van der Waals surface area (Å²) in [5.74, 6) is 0. The Morgan fingerprint density at radius 3 is 0.800 bits per heavy atom. The topological polar surface area (TPSA) is 100 Å². The monoisotopic (exact) mass is 108 g/mol. The molecular weight excluding hydrogens is 104 g/mol. The van der Waals surface area contributed by atoms with Crippen LogP contribution < -0.4 is 0 Å². The second-order valence-electron chi connectivity index (χ2n) is 0. The third-order valence-electron chi connectivity index (χ3n) is 0. The molecule has 0 radical (unpaired) electrons. The normalized spacial score (nSPS) is 1.20. The van der Waals surface area contributed by atoms with Crippen LogP contribution in [0.15, 0.2) is 0 Å². The molecule has 5 heavy (non-hydrogen) atoms. The Labute approximate surface area is 59.0 Å². The van der Waals surface area contributed by atoms with Crippen molar-refractivity contribution in [1.82, 2.24) is 0 Å². The van der Waals surface area contributed by atoms with E-state index in [9.17, 15) is 0 Å². The minimum absolute atomic E-state index is 0. The first-order chi connectivity index (χ1) is 1.00. The summed E-state index contributed by atoms with van der Waals surface area (Å²) >= 11 is 0. The maximum absolute atomic E-state index is 6.00. The van der Waals surface area contributed by atoms with Crippen LogP contribution in [-0.4, -0.2) is 59.2 Å². The first kappa shape index (κ1) is 36.0. The Kier molecular flexibility index (Phi) is 510. The molecule has 0 spiro atoms. The summed E-state index contributed by atoms with van der Waals surface area (Å²) in [5.41, 5.74) is 0. The van der Waals surface area contributed by atoms with Gasteiger partial charge < -0.3 is 11.0 Å².